The van der Waals surface area contributed by atoms with Crippen LogP contribution in [0.5, 0.6) is 5.75 Å². The Balaban J connectivity index is 1.62. The van der Waals surface area contributed by atoms with Gasteiger partial charge in [-0.2, -0.15) is 0 Å². The Labute approximate surface area is 193 Å². The highest BCUT2D eigenvalue weighted by atomic mass is 35.5. The number of benzene rings is 3. The first-order chi connectivity index (χ1) is 15.0. The second kappa shape index (κ2) is 8.00. The van der Waals surface area contributed by atoms with Crippen LogP contribution in [0.1, 0.15) is 0 Å². The van der Waals surface area contributed by atoms with Crippen LogP contribution < -0.4 is 9.80 Å². The van der Waals surface area contributed by atoms with Crippen LogP contribution in [0, 0.1) is 0 Å². The SMILES string of the molecule is CN1C(=C2SC(=Nc3cccc(Cl)c3)N(c3ccc(O)cc3)C2=O)Sc2ccccc21. The average molecular weight is 466 g/mol. The summed E-state index contributed by atoms with van der Waals surface area (Å²) in [5.74, 6) is -0.0184. The van der Waals surface area contributed by atoms with Crippen molar-refractivity contribution in [2.75, 3.05) is 16.8 Å². The summed E-state index contributed by atoms with van der Waals surface area (Å²) >= 11 is 9.04. The molecule has 0 atom stereocenters. The number of hydrogen-bond acceptors (Lipinski definition) is 6. The Hall–Kier alpha value is -2.87. The standard InChI is InChI=1S/C23H16ClN3O2S2/c1-26-18-7-2-3-8-19(18)30-22(26)20-21(29)27(16-9-11-17(28)12-10-16)23(31-20)25-15-6-4-5-14(24)13-15/h2-13,28H,1H3. The molecule has 2 aliphatic rings. The Kier molecular flexibility index (Phi) is 5.17. The second-order valence-corrected chi connectivity index (χ2v) is 9.34. The van der Waals surface area contributed by atoms with Crippen LogP contribution in [0.4, 0.5) is 17.1 Å². The largest absolute Gasteiger partial charge is 0.508 e. The van der Waals surface area contributed by atoms with Crippen molar-refractivity contribution in [2.45, 2.75) is 4.90 Å². The van der Waals surface area contributed by atoms with E-state index >= 15 is 0 Å². The molecule has 1 amide bonds. The molecule has 154 valence electrons. The number of amides is 1. The van der Waals surface area contributed by atoms with E-state index in [1.807, 2.05) is 48.3 Å². The number of amidine groups is 1. The molecule has 0 aromatic heterocycles. The maximum absolute atomic E-state index is 13.6. The summed E-state index contributed by atoms with van der Waals surface area (Å²) in [6.45, 7) is 0. The first-order valence-corrected chi connectivity index (χ1v) is 11.4. The molecule has 1 N–H and O–H groups in total. The van der Waals surface area contributed by atoms with Crippen LogP contribution in [-0.4, -0.2) is 23.2 Å². The van der Waals surface area contributed by atoms with E-state index in [0.717, 1.165) is 15.6 Å². The third kappa shape index (κ3) is 3.69. The smallest absolute Gasteiger partial charge is 0.274 e. The number of fused-ring (bicyclic) bond motifs is 1. The normalized spacial score (nSPS) is 19.4. The van der Waals surface area contributed by atoms with Gasteiger partial charge in [0, 0.05) is 17.0 Å². The topological polar surface area (TPSA) is 56.1 Å². The van der Waals surface area contributed by atoms with Gasteiger partial charge in [-0.25, -0.2) is 4.99 Å². The number of phenolic OH excluding ortho intramolecular Hbond substituents is 1. The third-order valence-corrected chi connectivity index (χ3v) is 7.48. The highest BCUT2D eigenvalue weighted by Crippen LogP contribution is 2.50. The molecular formula is C23H16ClN3O2S2. The molecule has 0 saturated carbocycles. The van der Waals surface area contributed by atoms with Crippen molar-refractivity contribution >= 4 is 63.3 Å². The molecule has 0 spiro atoms. The summed E-state index contributed by atoms with van der Waals surface area (Å²) in [5.41, 5.74) is 2.36. The van der Waals surface area contributed by atoms with Crippen molar-refractivity contribution in [3.63, 3.8) is 0 Å². The molecule has 3 aromatic carbocycles. The number of para-hydroxylation sites is 1. The number of hydrogen-bond donors (Lipinski definition) is 1. The number of anilines is 2. The van der Waals surface area contributed by atoms with Crippen LogP contribution in [0.3, 0.4) is 0 Å². The lowest BCUT2D eigenvalue weighted by atomic mass is 10.2. The monoisotopic (exact) mass is 465 g/mol. The highest BCUT2D eigenvalue weighted by Gasteiger charge is 2.40. The van der Waals surface area contributed by atoms with Gasteiger partial charge in [0.25, 0.3) is 5.91 Å². The minimum atomic E-state index is -0.154. The number of phenols is 1. The van der Waals surface area contributed by atoms with E-state index in [2.05, 4.69) is 0 Å². The van der Waals surface area contributed by atoms with E-state index in [1.165, 1.54) is 11.8 Å². The predicted molar refractivity (Wildman–Crippen MR) is 129 cm³/mol. The van der Waals surface area contributed by atoms with E-state index < -0.39 is 0 Å². The quantitative estimate of drug-likeness (QED) is 0.455. The van der Waals surface area contributed by atoms with Gasteiger partial charge in [-0.1, -0.05) is 41.6 Å². The predicted octanol–water partition coefficient (Wildman–Crippen LogP) is 6.22. The van der Waals surface area contributed by atoms with Gasteiger partial charge in [0.2, 0.25) is 0 Å². The van der Waals surface area contributed by atoms with E-state index in [9.17, 15) is 9.90 Å². The van der Waals surface area contributed by atoms with Gasteiger partial charge < -0.3 is 10.0 Å². The first kappa shape index (κ1) is 20.1. The van der Waals surface area contributed by atoms with Gasteiger partial charge in [-0.3, -0.25) is 9.69 Å². The molecule has 0 aliphatic carbocycles. The zero-order chi connectivity index (χ0) is 21.5. The summed E-state index contributed by atoms with van der Waals surface area (Å²) in [5, 5.41) is 11.7. The Bertz CT molecular complexity index is 1260. The molecule has 0 bridgehead atoms. The minimum absolute atomic E-state index is 0.136. The van der Waals surface area contributed by atoms with E-state index in [4.69, 9.17) is 16.6 Å². The number of carbonyl (C=O) groups is 1. The molecule has 8 heteroatoms. The molecule has 1 fully saturated rings. The molecule has 5 rings (SSSR count). The molecule has 1 saturated heterocycles. The summed E-state index contributed by atoms with van der Waals surface area (Å²) in [7, 11) is 1.96. The van der Waals surface area contributed by atoms with Crippen LogP contribution in [0.15, 0.2) is 92.6 Å². The number of halogens is 1. The van der Waals surface area contributed by atoms with E-state index in [1.54, 1.807) is 53.1 Å². The fourth-order valence-corrected chi connectivity index (χ4v) is 5.89. The van der Waals surface area contributed by atoms with Crippen molar-refractivity contribution in [1.29, 1.82) is 0 Å². The van der Waals surface area contributed by atoms with Gasteiger partial charge >= 0.3 is 0 Å². The maximum atomic E-state index is 13.6. The van der Waals surface area contributed by atoms with Gasteiger partial charge in [0.1, 0.15) is 10.7 Å². The van der Waals surface area contributed by atoms with Crippen molar-refractivity contribution in [1.82, 2.24) is 0 Å². The summed E-state index contributed by atoms with van der Waals surface area (Å²) in [6.07, 6.45) is 0. The Morgan fingerprint density at radius 3 is 2.48 bits per heavy atom. The number of carbonyl (C=O) groups excluding carboxylic acids is 1. The molecule has 5 nitrogen and oxygen atoms in total. The first-order valence-electron chi connectivity index (χ1n) is 9.42. The molecule has 31 heavy (non-hydrogen) atoms. The van der Waals surface area contributed by atoms with Crippen LogP contribution >= 0.6 is 35.1 Å². The van der Waals surface area contributed by atoms with Gasteiger partial charge in [0.05, 0.1) is 22.1 Å². The number of aliphatic imine (C=N–C) groups is 1. The lowest BCUT2D eigenvalue weighted by molar-refractivity contribution is -0.113. The van der Waals surface area contributed by atoms with Crippen LogP contribution in [-0.2, 0) is 4.79 Å². The number of aromatic hydroxyl groups is 1. The van der Waals surface area contributed by atoms with Crippen LogP contribution in [0.2, 0.25) is 5.02 Å². The van der Waals surface area contributed by atoms with Crippen molar-refractivity contribution in [3.05, 3.63) is 87.8 Å². The highest BCUT2D eigenvalue weighted by molar-refractivity contribution is 8.20. The minimum Gasteiger partial charge on any atom is -0.508 e. The maximum Gasteiger partial charge on any atom is 0.274 e. The van der Waals surface area contributed by atoms with Crippen LogP contribution in [0.25, 0.3) is 0 Å². The lowest BCUT2D eigenvalue weighted by Gasteiger charge is -2.16. The fraction of sp³-hybridized carbons (Fsp3) is 0.0435. The van der Waals surface area contributed by atoms with Gasteiger partial charge in [-0.05, 0) is 66.4 Å². The summed E-state index contributed by atoms with van der Waals surface area (Å²) in [4.78, 5) is 23.6. The van der Waals surface area contributed by atoms with Crippen molar-refractivity contribution in [3.8, 4) is 5.75 Å². The van der Waals surface area contributed by atoms with E-state index in [0.29, 0.717) is 26.5 Å². The van der Waals surface area contributed by atoms with Crippen molar-refractivity contribution in [2.24, 2.45) is 4.99 Å². The lowest BCUT2D eigenvalue weighted by Crippen LogP contribution is -2.29. The number of nitrogens with zero attached hydrogens (tertiary/aromatic N) is 3. The van der Waals surface area contributed by atoms with Crippen molar-refractivity contribution < 1.29 is 9.90 Å². The molecular weight excluding hydrogens is 450 g/mol. The number of rotatable bonds is 2. The molecule has 0 radical (unpaired) electrons. The zero-order valence-corrected chi connectivity index (χ0v) is 18.7. The Morgan fingerprint density at radius 1 is 0.968 bits per heavy atom. The van der Waals surface area contributed by atoms with Gasteiger partial charge in [0.15, 0.2) is 5.17 Å². The molecule has 0 unspecified atom stereocenters. The molecule has 2 heterocycles. The molecule has 2 aliphatic heterocycles. The second-order valence-electron chi connectivity index (χ2n) is 6.90. The average Bonchev–Trinajstić information content (AvgIpc) is 3.26. The Morgan fingerprint density at radius 2 is 1.74 bits per heavy atom. The zero-order valence-electron chi connectivity index (χ0n) is 16.3. The molecule has 3 aromatic rings. The fourth-order valence-electron chi connectivity index (χ4n) is 3.36. The number of thioether (sulfide) groups is 2. The van der Waals surface area contributed by atoms with Gasteiger partial charge in [-0.15, -0.1) is 0 Å². The summed E-state index contributed by atoms with van der Waals surface area (Å²) in [6, 6.07) is 21.8. The van der Waals surface area contributed by atoms with E-state index in [-0.39, 0.29) is 11.7 Å². The third-order valence-electron chi connectivity index (χ3n) is 4.85. The summed E-state index contributed by atoms with van der Waals surface area (Å²) < 4.78 is 0.